The van der Waals surface area contributed by atoms with Crippen LogP contribution in [0.2, 0.25) is 0 Å². The van der Waals surface area contributed by atoms with Gasteiger partial charge in [0.25, 0.3) is 11.6 Å². The fraction of sp³-hybridized carbons (Fsp3) is 0.312. The molecule has 0 spiro atoms. The van der Waals surface area contributed by atoms with Crippen LogP contribution in [0.3, 0.4) is 0 Å². The van der Waals surface area contributed by atoms with E-state index in [-0.39, 0.29) is 21.7 Å². The number of nitrogens with zero attached hydrogens (tertiary/aromatic N) is 2. The van der Waals surface area contributed by atoms with Gasteiger partial charge in [-0.05, 0) is 31.2 Å². The van der Waals surface area contributed by atoms with Gasteiger partial charge in [-0.3, -0.25) is 4.79 Å². The zero-order valence-electron chi connectivity index (χ0n) is 13.6. The lowest BCUT2D eigenvalue weighted by Gasteiger charge is -2.32. The molecule has 7 nitrogen and oxygen atoms in total. The van der Waals surface area contributed by atoms with Crippen molar-refractivity contribution in [2.24, 2.45) is 5.10 Å². The fourth-order valence-electron chi connectivity index (χ4n) is 2.65. The molecule has 0 saturated carbocycles. The number of aliphatic hydroxyl groups is 1. The molecule has 0 saturated heterocycles. The predicted octanol–water partition coefficient (Wildman–Crippen LogP) is 2.27. The number of ether oxygens (including phenoxy) is 1. The van der Waals surface area contributed by atoms with Gasteiger partial charge in [0.2, 0.25) is 0 Å². The molecule has 1 atom stereocenters. The lowest BCUT2D eigenvalue weighted by molar-refractivity contribution is -0.297. The molecule has 2 aromatic rings. The van der Waals surface area contributed by atoms with Gasteiger partial charge in [0, 0.05) is 17.5 Å². The predicted molar refractivity (Wildman–Crippen MR) is 83.9 cm³/mol. The molecule has 1 aliphatic heterocycles. The molecular formula is C16H13F3N2O5. The minimum atomic E-state index is -5.16. The number of carbonyl (C=O) groups excluding carboxylic acids is 1. The van der Waals surface area contributed by atoms with Gasteiger partial charge in [-0.2, -0.15) is 23.3 Å². The molecule has 1 amide bonds. The number of carbonyl (C=O) groups is 1. The standard InChI is InChI=1S/C16H13F3N2O5/c1-8-7-15(24,16(17,18)19)21(20-8)13(22)11-6-9-5-10(25-2)3-4-12(9)26-14(11)23/h3-6,24H,7H2,1-2H3. The summed E-state index contributed by atoms with van der Waals surface area (Å²) < 4.78 is 49.8. The van der Waals surface area contributed by atoms with Crippen LogP contribution in [0.5, 0.6) is 5.75 Å². The summed E-state index contributed by atoms with van der Waals surface area (Å²) in [5, 5.41) is 13.6. The number of hydrazone groups is 1. The van der Waals surface area contributed by atoms with Crippen molar-refractivity contribution >= 4 is 22.6 Å². The SMILES string of the molecule is COc1ccc2oc(=O)c(C(=O)N3N=C(C)CC3(O)C(F)(F)F)cc2c1. The molecule has 0 radical (unpaired) electrons. The van der Waals surface area contributed by atoms with Crippen LogP contribution in [0.1, 0.15) is 23.7 Å². The molecule has 0 aliphatic carbocycles. The quantitative estimate of drug-likeness (QED) is 0.819. The maximum absolute atomic E-state index is 13.3. The first-order chi connectivity index (χ1) is 12.1. The van der Waals surface area contributed by atoms with E-state index in [2.05, 4.69) is 5.10 Å². The van der Waals surface area contributed by atoms with E-state index in [1.807, 2.05) is 0 Å². The molecule has 1 aliphatic rings. The Balaban J connectivity index is 2.12. The van der Waals surface area contributed by atoms with E-state index in [1.165, 1.54) is 32.2 Å². The highest BCUT2D eigenvalue weighted by molar-refractivity contribution is 5.99. The van der Waals surface area contributed by atoms with Crippen molar-refractivity contribution in [2.75, 3.05) is 7.11 Å². The molecule has 1 aromatic heterocycles. The van der Waals surface area contributed by atoms with E-state index in [4.69, 9.17) is 9.15 Å². The maximum atomic E-state index is 13.3. The number of rotatable bonds is 2. The highest BCUT2D eigenvalue weighted by Crippen LogP contribution is 2.40. The van der Waals surface area contributed by atoms with Crippen LogP contribution in [-0.4, -0.2) is 40.7 Å². The summed E-state index contributed by atoms with van der Waals surface area (Å²) >= 11 is 0. The molecule has 0 bridgehead atoms. The Morgan fingerprint density at radius 3 is 2.69 bits per heavy atom. The number of hydrogen-bond acceptors (Lipinski definition) is 6. The Kier molecular flexibility index (Phi) is 4.02. The second-order valence-electron chi connectivity index (χ2n) is 5.79. The van der Waals surface area contributed by atoms with Gasteiger partial charge in [0.05, 0.1) is 7.11 Å². The maximum Gasteiger partial charge on any atom is 0.438 e. The van der Waals surface area contributed by atoms with E-state index >= 15 is 0 Å². The number of fused-ring (bicyclic) bond motifs is 1. The van der Waals surface area contributed by atoms with Crippen LogP contribution < -0.4 is 10.4 Å². The molecule has 10 heteroatoms. The number of hydrogen-bond donors (Lipinski definition) is 1. The number of benzene rings is 1. The third-order valence-corrected chi connectivity index (χ3v) is 3.94. The highest BCUT2D eigenvalue weighted by atomic mass is 19.4. The zero-order chi connectivity index (χ0) is 19.3. The highest BCUT2D eigenvalue weighted by Gasteiger charge is 2.63. The van der Waals surface area contributed by atoms with Crippen molar-refractivity contribution in [2.45, 2.75) is 25.2 Å². The number of halogens is 3. The Morgan fingerprint density at radius 1 is 1.38 bits per heavy atom. The first-order valence-corrected chi connectivity index (χ1v) is 7.36. The first kappa shape index (κ1) is 17.9. The van der Waals surface area contributed by atoms with E-state index in [0.717, 1.165) is 6.07 Å². The van der Waals surface area contributed by atoms with Crippen LogP contribution >= 0.6 is 0 Å². The Labute approximate surface area is 144 Å². The number of amides is 1. The summed E-state index contributed by atoms with van der Waals surface area (Å²) in [5.74, 6) is -1.02. The third-order valence-electron chi connectivity index (χ3n) is 3.94. The van der Waals surface area contributed by atoms with E-state index in [1.54, 1.807) is 0 Å². The molecular weight excluding hydrogens is 357 g/mol. The lowest BCUT2D eigenvalue weighted by Crippen LogP contribution is -2.57. The summed E-state index contributed by atoms with van der Waals surface area (Å²) in [6, 6.07) is 5.47. The lowest BCUT2D eigenvalue weighted by atomic mass is 10.1. The molecule has 1 aromatic carbocycles. The molecule has 3 rings (SSSR count). The molecule has 2 heterocycles. The second kappa shape index (κ2) is 5.84. The summed E-state index contributed by atoms with van der Waals surface area (Å²) in [5.41, 5.74) is -5.34. The smallest absolute Gasteiger partial charge is 0.438 e. The molecule has 0 fully saturated rings. The van der Waals surface area contributed by atoms with E-state index in [0.29, 0.717) is 5.75 Å². The topological polar surface area (TPSA) is 92.3 Å². The minimum absolute atomic E-state index is 0.106. The van der Waals surface area contributed by atoms with Gasteiger partial charge < -0.3 is 14.3 Å². The van der Waals surface area contributed by atoms with Crippen LogP contribution in [0.25, 0.3) is 11.0 Å². The van der Waals surface area contributed by atoms with Crippen molar-refractivity contribution in [3.63, 3.8) is 0 Å². The van der Waals surface area contributed by atoms with Gasteiger partial charge in [0.1, 0.15) is 16.9 Å². The molecule has 1 N–H and O–H groups in total. The van der Waals surface area contributed by atoms with E-state index in [9.17, 15) is 27.9 Å². The summed E-state index contributed by atoms with van der Waals surface area (Å²) in [4.78, 5) is 24.6. The van der Waals surface area contributed by atoms with Crippen LogP contribution in [0.15, 0.2) is 38.6 Å². The third kappa shape index (κ3) is 2.71. The van der Waals surface area contributed by atoms with Crippen LogP contribution in [-0.2, 0) is 0 Å². The summed E-state index contributed by atoms with van der Waals surface area (Å²) in [6.07, 6.45) is -6.07. The monoisotopic (exact) mass is 370 g/mol. The van der Waals surface area contributed by atoms with Crippen LogP contribution in [0.4, 0.5) is 13.2 Å². The van der Waals surface area contributed by atoms with Gasteiger partial charge >= 0.3 is 11.8 Å². The summed E-state index contributed by atoms with van der Waals surface area (Å²) in [7, 11) is 1.40. The first-order valence-electron chi connectivity index (χ1n) is 7.36. The van der Waals surface area contributed by atoms with Gasteiger partial charge in [-0.1, -0.05) is 0 Å². The van der Waals surface area contributed by atoms with Gasteiger partial charge in [0.15, 0.2) is 0 Å². The Morgan fingerprint density at radius 2 is 2.08 bits per heavy atom. The number of methoxy groups -OCH3 is 1. The molecule has 26 heavy (non-hydrogen) atoms. The second-order valence-corrected chi connectivity index (χ2v) is 5.79. The van der Waals surface area contributed by atoms with Crippen molar-refractivity contribution in [3.05, 3.63) is 40.2 Å². The number of alkyl halides is 3. The average molecular weight is 370 g/mol. The van der Waals surface area contributed by atoms with Gasteiger partial charge in [-0.15, -0.1) is 0 Å². The van der Waals surface area contributed by atoms with Crippen molar-refractivity contribution in [1.29, 1.82) is 0 Å². The van der Waals surface area contributed by atoms with Crippen LogP contribution in [0, 0.1) is 0 Å². The Bertz CT molecular complexity index is 982. The van der Waals surface area contributed by atoms with E-state index < -0.39 is 35.4 Å². The normalized spacial score (nSPS) is 20.4. The van der Waals surface area contributed by atoms with Crippen molar-refractivity contribution in [3.8, 4) is 5.75 Å². The van der Waals surface area contributed by atoms with Gasteiger partial charge in [-0.25, -0.2) is 4.79 Å². The molecule has 1 unspecified atom stereocenters. The average Bonchev–Trinajstić information content (AvgIpc) is 2.89. The summed E-state index contributed by atoms with van der Waals surface area (Å²) in [6.45, 7) is 1.23. The Hall–Kier alpha value is -2.88. The molecule has 138 valence electrons. The minimum Gasteiger partial charge on any atom is -0.497 e. The zero-order valence-corrected chi connectivity index (χ0v) is 13.6. The van der Waals surface area contributed by atoms with Crippen molar-refractivity contribution < 1.29 is 32.2 Å². The van der Waals surface area contributed by atoms with Crippen molar-refractivity contribution in [1.82, 2.24) is 5.01 Å². The fourth-order valence-corrected chi connectivity index (χ4v) is 2.65. The largest absolute Gasteiger partial charge is 0.497 e.